The molecule has 0 aromatic heterocycles. The monoisotopic (exact) mass is 307 g/mol. The molecule has 0 heterocycles. The van der Waals surface area contributed by atoms with E-state index in [1.54, 1.807) is 0 Å². The van der Waals surface area contributed by atoms with E-state index in [0.29, 0.717) is 11.5 Å². The minimum absolute atomic E-state index is 0.0141. The summed E-state index contributed by atoms with van der Waals surface area (Å²) in [7, 11) is 0. The van der Waals surface area contributed by atoms with Crippen molar-refractivity contribution in [1.29, 1.82) is 0 Å². The first-order chi connectivity index (χ1) is 11.1. The molecule has 1 amide bonds. The molecular weight excluding hydrogens is 286 g/mol. The van der Waals surface area contributed by atoms with E-state index in [4.69, 9.17) is 0 Å². The van der Waals surface area contributed by atoms with E-state index >= 15 is 0 Å². The van der Waals surface area contributed by atoms with E-state index in [-0.39, 0.29) is 12.5 Å². The third-order valence-electron chi connectivity index (χ3n) is 5.26. The first-order valence-corrected chi connectivity index (χ1v) is 8.25. The molecule has 2 aliphatic carbocycles. The van der Waals surface area contributed by atoms with Crippen LogP contribution in [0.25, 0.3) is 11.1 Å². The van der Waals surface area contributed by atoms with Gasteiger partial charge in [0, 0.05) is 5.56 Å². The maximum atomic E-state index is 12.6. The molecule has 1 saturated carbocycles. The lowest BCUT2D eigenvalue weighted by molar-refractivity contribution is 0.0824. The molecule has 0 saturated heterocycles. The van der Waals surface area contributed by atoms with Crippen molar-refractivity contribution in [3.05, 3.63) is 59.2 Å². The third-order valence-corrected chi connectivity index (χ3v) is 5.26. The zero-order chi connectivity index (χ0) is 16.0. The number of hydrogen-bond acceptors (Lipinski definition) is 2. The Balaban J connectivity index is 1.59. The number of carbonyl (C=O) groups is 1. The van der Waals surface area contributed by atoms with Crippen LogP contribution in [0.1, 0.15) is 41.3 Å². The van der Waals surface area contributed by atoms with Gasteiger partial charge in [-0.1, -0.05) is 30.3 Å². The second-order valence-electron chi connectivity index (χ2n) is 7.01. The van der Waals surface area contributed by atoms with Crippen LogP contribution in [0.5, 0.6) is 0 Å². The van der Waals surface area contributed by atoms with Gasteiger partial charge in [-0.15, -0.1) is 0 Å². The van der Waals surface area contributed by atoms with Gasteiger partial charge in [0.15, 0.2) is 0 Å². The first-order valence-electron chi connectivity index (χ1n) is 8.25. The summed E-state index contributed by atoms with van der Waals surface area (Å²) < 4.78 is 0. The van der Waals surface area contributed by atoms with Crippen LogP contribution in [0.4, 0.5) is 0 Å². The van der Waals surface area contributed by atoms with Crippen LogP contribution in [0.15, 0.2) is 42.5 Å². The number of rotatable bonds is 4. The average Bonchev–Trinajstić information content (AvgIpc) is 3.36. The Bertz CT molecular complexity index is 779. The van der Waals surface area contributed by atoms with Crippen LogP contribution in [0.2, 0.25) is 0 Å². The predicted molar refractivity (Wildman–Crippen MR) is 90.4 cm³/mol. The number of hydrogen-bond donors (Lipinski definition) is 2. The summed E-state index contributed by atoms with van der Waals surface area (Å²) in [5, 5.41) is 12.7. The van der Waals surface area contributed by atoms with Crippen molar-refractivity contribution in [1.82, 2.24) is 5.32 Å². The van der Waals surface area contributed by atoms with Crippen molar-refractivity contribution in [3.63, 3.8) is 0 Å². The first kappa shape index (κ1) is 14.5. The molecule has 2 aromatic rings. The molecule has 0 radical (unpaired) electrons. The van der Waals surface area contributed by atoms with Crippen LogP contribution >= 0.6 is 0 Å². The lowest BCUT2D eigenvalue weighted by Crippen LogP contribution is -2.50. The molecule has 4 rings (SSSR count). The third kappa shape index (κ3) is 2.45. The molecule has 0 bridgehead atoms. The van der Waals surface area contributed by atoms with Gasteiger partial charge in [-0.25, -0.2) is 0 Å². The molecule has 118 valence electrons. The fraction of sp³-hybridized carbons (Fsp3) is 0.350. The van der Waals surface area contributed by atoms with Gasteiger partial charge < -0.3 is 10.4 Å². The van der Waals surface area contributed by atoms with E-state index in [2.05, 4.69) is 29.6 Å². The van der Waals surface area contributed by atoms with E-state index in [1.807, 2.05) is 25.1 Å². The van der Waals surface area contributed by atoms with Crippen LogP contribution in [0.3, 0.4) is 0 Å². The predicted octanol–water partition coefficient (Wildman–Crippen LogP) is 3.15. The summed E-state index contributed by atoms with van der Waals surface area (Å²) in [6.07, 6.45) is 3.04. The highest BCUT2D eigenvalue weighted by molar-refractivity contribution is 5.96. The Labute approximate surface area is 136 Å². The number of nitrogens with one attached hydrogen (secondary N) is 1. The number of carbonyl (C=O) groups excluding carboxylic acids is 1. The Morgan fingerprint density at radius 1 is 1.17 bits per heavy atom. The van der Waals surface area contributed by atoms with Crippen molar-refractivity contribution in [2.45, 2.75) is 31.7 Å². The van der Waals surface area contributed by atoms with Crippen LogP contribution < -0.4 is 5.32 Å². The van der Waals surface area contributed by atoms with Gasteiger partial charge in [-0.3, -0.25) is 4.79 Å². The molecule has 1 fully saturated rings. The molecule has 3 nitrogen and oxygen atoms in total. The Morgan fingerprint density at radius 3 is 2.65 bits per heavy atom. The normalized spacial score (nSPS) is 18.0. The highest BCUT2D eigenvalue weighted by Gasteiger charge is 2.42. The van der Waals surface area contributed by atoms with Gasteiger partial charge in [-0.05, 0) is 66.5 Å². The molecule has 23 heavy (non-hydrogen) atoms. The Kier molecular flexibility index (Phi) is 3.27. The summed E-state index contributed by atoms with van der Waals surface area (Å²) >= 11 is 0. The minimum Gasteiger partial charge on any atom is -0.394 e. The average molecular weight is 307 g/mol. The van der Waals surface area contributed by atoms with Crippen molar-refractivity contribution < 1.29 is 9.90 Å². The molecule has 2 aromatic carbocycles. The summed E-state index contributed by atoms with van der Waals surface area (Å²) in [6, 6.07) is 14.3. The second-order valence-corrected chi connectivity index (χ2v) is 7.01. The smallest absolute Gasteiger partial charge is 0.251 e. The van der Waals surface area contributed by atoms with E-state index in [0.717, 1.165) is 19.3 Å². The molecule has 2 N–H and O–H groups in total. The van der Waals surface area contributed by atoms with Crippen molar-refractivity contribution in [2.24, 2.45) is 5.92 Å². The quantitative estimate of drug-likeness (QED) is 0.778. The van der Waals surface area contributed by atoms with E-state index in [9.17, 15) is 9.90 Å². The maximum absolute atomic E-state index is 12.6. The molecule has 0 aliphatic heterocycles. The van der Waals surface area contributed by atoms with Gasteiger partial charge in [0.25, 0.3) is 5.91 Å². The largest absolute Gasteiger partial charge is 0.394 e. The standard InChI is InChI=1S/C20H21NO2/c1-20(12-22,16-7-8-16)21-19(23)14-6-9-18-15(11-14)10-13-4-2-3-5-17(13)18/h2-6,9,11,16,22H,7-8,10,12H2,1H3,(H,21,23). The number of fused-ring (bicyclic) bond motifs is 3. The lowest BCUT2D eigenvalue weighted by atomic mass is 9.96. The minimum atomic E-state index is -0.501. The van der Waals surface area contributed by atoms with E-state index in [1.165, 1.54) is 22.3 Å². The summed E-state index contributed by atoms with van der Waals surface area (Å²) in [5.74, 6) is 0.308. The molecule has 1 atom stereocenters. The second kappa shape index (κ2) is 5.20. The van der Waals surface area contributed by atoms with Gasteiger partial charge >= 0.3 is 0 Å². The SMILES string of the molecule is CC(CO)(NC(=O)c1ccc2c(c1)Cc1ccccc1-2)C1CC1. The molecular formula is C20H21NO2. The fourth-order valence-electron chi connectivity index (χ4n) is 3.61. The highest BCUT2D eigenvalue weighted by atomic mass is 16.3. The zero-order valence-corrected chi connectivity index (χ0v) is 13.3. The van der Waals surface area contributed by atoms with Crippen molar-refractivity contribution in [2.75, 3.05) is 6.61 Å². The van der Waals surface area contributed by atoms with Gasteiger partial charge in [0.1, 0.15) is 0 Å². The molecule has 0 spiro atoms. The molecule has 1 unspecified atom stereocenters. The summed E-state index contributed by atoms with van der Waals surface area (Å²) in [6.45, 7) is 1.92. The topological polar surface area (TPSA) is 49.3 Å². The number of aliphatic hydroxyl groups is 1. The summed E-state index contributed by atoms with van der Waals surface area (Å²) in [5.41, 5.74) is 5.20. The highest BCUT2D eigenvalue weighted by Crippen LogP contribution is 2.40. The number of aliphatic hydroxyl groups excluding tert-OH is 1. The zero-order valence-electron chi connectivity index (χ0n) is 13.3. The lowest BCUT2D eigenvalue weighted by Gasteiger charge is -2.28. The van der Waals surface area contributed by atoms with Gasteiger partial charge in [0.2, 0.25) is 0 Å². The van der Waals surface area contributed by atoms with E-state index < -0.39 is 5.54 Å². The number of amides is 1. The maximum Gasteiger partial charge on any atom is 0.251 e. The van der Waals surface area contributed by atoms with Crippen molar-refractivity contribution in [3.8, 4) is 11.1 Å². The molecule has 3 heteroatoms. The van der Waals surface area contributed by atoms with Crippen LogP contribution in [0, 0.1) is 5.92 Å². The Morgan fingerprint density at radius 2 is 1.91 bits per heavy atom. The van der Waals surface area contributed by atoms with Crippen molar-refractivity contribution >= 4 is 5.91 Å². The van der Waals surface area contributed by atoms with Crippen LogP contribution in [-0.2, 0) is 6.42 Å². The van der Waals surface area contributed by atoms with Gasteiger partial charge in [-0.2, -0.15) is 0 Å². The summed E-state index contributed by atoms with van der Waals surface area (Å²) in [4.78, 5) is 12.6. The van der Waals surface area contributed by atoms with Crippen LogP contribution in [-0.4, -0.2) is 23.2 Å². The number of benzene rings is 2. The fourth-order valence-corrected chi connectivity index (χ4v) is 3.61. The molecule has 2 aliphatic rings. The van der Waals surface area contributed by atoms with Gasteiger partial charge in [0.05, 0.1) is 12.1 Å². The Hall–Kier alpha value is -2.13.